The maximum absolute atomic E-state index is 12.3. The Morgan fingerprint density at radius 2 is 1.65 bits per heavy atom. The molecule has 5 heteroatoms. The number of anilines is 2. The van der Waals surface area contributed by atoms with E-state index in [1.807, 2.05) is 30.3 Å². The standard InChI is InChI=1S/C29H34N4O/c1-31(2)27-15-13-24(14-16-27)9-7-17-32-18-20-33(21-19-32)28-12-6-8-25(22-28)23-30-29(34)26-10-4-3-5-11-26/h3-16,22H,17-21,23H2,1-2H3,(H,30,34)/b9-7+. The Balaban J connectivity index is 1.24. The molecule has 176 valence electrons. The highest BCUT2D eigenvalue weighted by atomic mass is 16.1. The van der Waals surface area contributed by atoms with Crippen LogP contribution in [0.25, 0.3) is 6.08 Å². The number of piperazine rings is 1. The quantitative estimate of drug-likeness (QED) is 0.543. The molecule has 0 saturated carbocycles. The minimum absolute atomic E-state index is 0.0404. The first-order chi connectivity index (χ1) is 16.6. The molecular formula is C29H34N4O. The lowest BCUT2D eigenvalue weighted by atomic mass is 10.1. The van der Waals surface area contributed by atoms with Crippen molar-refractivity contribution >= 4 is 23.4 Å². The van der Waals surface area contributed by atoms with Gasteiger partial charge in [-0.3, -0.25) is 9.69 Å². The van der Waals surface area contributed by atoms with E-state index in [1.54, 1.807) is 0 Å². The largest absolute Gasteiger partial charge is 0.378 e. The van der Waals surface area contributed by atoms with Crippen LogP contribution < -0.4 is 15.1 Å². The third-order valence-electron chi connectivity index (χ3n) is 6.22. The highest BCUT2D eigenvalue weighted by Crippen LogP contribution is 2.19. The van der Waals surface area contributed by atoms with E-state index < -0.39 is 0 Å². The molecule has 1 saturated heterocycles. The number of nitrogens with one attached hydrogen (secondary N) is 1. The second kappa shape index (κ2) is 11.5. The monoisotopic (exact) mass is 454 g/mol. The van der Waals surface area contributed by atoms with Gasteiger partial charge >= 0.3 is 0 Å². The number of carbonyl (C=O) groups excluding carboxylic acids is 1. The molecule has 5 nitrogen and oxygen atoms in total. The molecule has 3 aromatic rings. The van der Waals surface area contributed by atoms with E-state index in [2.05, 4.69) is 94.8 Å². The van der Waals surface area contributed by atoms with Gasteiger partial charge in [-0.1, -0.05) is 54.6 Å². The summed E-state index contributed by atoms with van der Waals surface area (Å²) in [5.74, 6) is -0.0404. The summed E-state index contributed by atoms with van der Waals surface area (Å²) in [6.07, 6.45) is 4.47. The molecule has 3 aromatic carbocycles. The number of carbonyl (C=O) groups is 1. The van der Waals surface area contributed by atoms with Gasteiger partial charge in [0, 0.05) is 70.3 Å². The summed E-state index contributed by atoms with van der Waals surface area (Å²) < 4.78 is 0. The van der Waals surface area contributed by atoms with Gasteiger partial charge in [0.2, 0.25) is 0 Å². The summed E-state index contributed by atoms with van der Waals surface area (Å²) >= 11 is 0. The number of rotatable bonds is 8. The number of hydrogen-bond donors (Lipinski definition) is 1. The normalized spacial score (nSPS) is 14.4. The van der Waals surface area contributed by atoms with Crippen molar-refractivity contribution in [2.24, 2.45) is 0 Å². The maximum Gasteiger partial charge on any atom is 0.251 e. The van der Waals surface area contributed by atoms with Crippen molar-refractivity contribution in [2.75, 3.05) is 56.6 Å². The molecule has 1 fully saturated rings. The molecular weight excluding hydrogens is 420 g/mol. The summed E-state index contributed by atoms with van der Waals surface area (Å²) in [5, 5.41) is 3.02. The zero-order valence-corrected chi connectivity index (χ0v) is 20.2. The Labute approximate surface area is 203 Å². The topological polar surface area (TPSA) is 38.8 Å². The second-order valence-corrected chi connectivity index (χ2v) is 8.89. The summed E-state index contributed by atoms with van der Waals surface area (Å²) in [7, 11) is 4.12. The predicted molar refractivity (Wildman–Crippen MR) is 143 cm³/mol. The van der Waals surface area contributed by atoms with Crippen LogP contribution in [0.4, 0.5) is 11.4 Å². The Bertz CT molecular complexity index is 1080. The van der Waals surface area contributed by atoms with E-state index in [-0.39, 0.29) is 5.91 Å². The maximum atomic E-state index is 12.3. The van der Waals surface area contributed by atoms with Gasteiger partial charge < -0.3 is 15.1 Å². The molecule has 1 aliphatic heterocycles. The lowest BCUT2D eigenvalue weighted by Crippen LogP contribution is -2.46. The molecule has 0 aromatic heterocycles. The van der Waals surface area contributed by atoms with Crippen LogP contribution in [-0.4, -0.2) is 57.6 Å². The van der Waals surface area contributed by atoms with E-state index in [0.29, 0.717) is 12.1 Å². The lowest BCUT2D eigenvalue weighted by molar-refractivity contribution is 0.0951. The smallest absolute Gasteiger partial charge is 0.251 e. The highest BCUT2D eigenvalue weighted by Gasteiger charge is 2.16. The molecule has 0 aliphatic carbocycles. The van der Waals surface area contributed by atoms with Crippen LogP contribution in [0.3, 0.4) is 0 Å². The van der Waals surface area contributed by atoms with Crippen LogP contribution in [0, 0.1) is 0 Å². The van der Waals surface area contributed by atoms with Crippen LogP contribution in [0.5, 0.6) is 0 Å². The molecule has 1 heterocycles. The summed E-state index contributed by atoms with van der Waals surface area (Å²) in [6.45, 7) is 5.59. The Morgan fingerprint density at radius 3 is 2.35 bits per heavy atom. The summed E-state index contributed by atoms with van der Waals surface area (Å²) in [5.41, 5.74) is 5.49. The number of nitrogens with zero attached hydrogens (tertiary/aromatic N) is 3. The predicted octanol–water partition coefficient (Wildman–Crippen LogP) is 4.52. The van der Waals surface area contributed by atoms with Crippen molar-refractivity contribution in [3.05, 3.63) is 102 Å². The molecule has 1 N–H and O–H groups in total. The third kappa shape index (κ3) is 6.49. The highest BCUT2D eigenvalue weighted by molar-refractivity contribution is 5.94. The fourth-order valence-corrected chi connectivity index (χ4v) is 4.15. The average molecular weight is 455 g/mol. The van der Waals surface area contributed by atoms with E-state index in [4.69, 9.17) is 0 Å². The minimum Gasteiger partial charge on any atom is -0.378 e. The van der Waals surface area contributed by atoms with Crippen molar-refractivity contribution in [3.8, 4) is 0 Å². The van der Waals surface area contributed by atoms with Crippen LogP contribution in [-0.2, 0) is 6.54 Å². The van der Waals surface area contributed by atoms with Crippen LogP contribution in [0.15, 0.2) is 84.9 Å². The lowest BCUT2D eigenvalue weighted by Gasteiger charge is -2.35. The van der Waals surface area contributed by atoms with Gasteiger partial charge in [-0.15, -0.1) is 0 Å². The summed E-state index contributed by atoms with van der Waals surface area (Å²) in [6, 6.07) is 26.5. The molecule has 0 unspecified atom stereocenters. The van der Waals surface area contributed by atoms with Gasteiger partial charge in [-0.25, -0.2) is 0 Å². The number of hydrogen-bond acceptors (Lipinski definition) is 4. The van der Waals surface area contributed by atoms with Gasteiger partial charge in [0.05, 0.1) is 0 Å². The van der Waals surface area contributed by atoms with Crippen LogP contribution >= 0.6 is 0 Å². The van der Waals surface area contributed by atoms with Gasteiger partial charge in [-0.2, -0.15) is 0 Å². The molecule has 1 aliphatic rings. The molecule has 0 radical (unpaired) electrons. The third-order valence-corrected chi connectivity index (χ3v) is 6.22. The van der Waals surface area contributed by atoms with Crippen molar-refractivity contribution in [1.29, 1.82) is 0 Å². The summed E-state index contributed by atoms with van der Waals surface area (Å²) in [4.78, 5) is 19.4. The fraction of sp³-hybridized carbons (Fsp3) is 0.276. The average Bonchev–Trinajstić information content (AvgIpc) is 2.88. The molecule has 0 spiro atoms. The SMILES string of the molecule is CN(C)c1ccc(/C=C/CN2CCN(c3cccc(CNC(=O)c4ccccc4)c3)CC2)cc1. The first-order valence-electron chi connectivity index (χ1n) is 11.9. The van der Waals surface area contributed by atoms with Crippen molar-refractivity contribution in [2.45, 2.75) is 6.54 Å². The molecule has 0 atom stereocenters. The number of amides is 1. The van der Waals surface area contributed by atoms with Gasteiger partial charge in [0.25, 0.3) is 5.91 Å². The molecule has 1 amide bonds. The van der Waals surface area contributed by atoms with Crippen molar-refractivity contribution < 1.29 is 4.79 Å². The number of benzene rings is 3. The van der Waals surface area contributed by atoms with Crippen LogP contribution in [0.2, 0.25) is 0 Å². The van der Waals surface area contributed by atoms with E-state index in [0.717, 1.165) is 38.3 Å². The van der Waals surface area contributed by atoms with Gasteiger partial charge in [-0.05, 0) is 47.5 Å². The van der Waals surface area contributed by atoms with Crippen LogP contribution in [0.1, 0.15) is 21.5 Å². The first-order valence-corrected chi connectivity index (χ1v) is 11.9. The van der Waals surface area contributed by atoms with E-state index in [1.165, 1.54) is 16.9 Å². The Morgan fingerprint density at radius 1 is 0.912 bits per heavy atom. The van der Waals surface area contributed by atoms with Gasteiger partial charge in [0.1, 0.15) is 0 Å². The first kappa shape index (κ1) is 23.6. The second-order valence-electron chi connectivity index (χ2n) is 8.89. The zero-order valence-electron chi connectivity index (χ0n) is 20.2. The Kier molecular flexibility index (Phi) is 7.99. The Hall–Kier alpha value is -3.57. The van der Waals surface area contributed by atoms with Gasteiger partial charge in [0.15, 0.2) is 0 Å². The molecule has 34 heavy (non-hydrogen) atoms. The molecule has 0 bridgehead atoms. The molecule has 4 rings (SSSR count). The van der Waals surface area contributed by atoms with Crippen molar-refractivity contribution in [1.82, 2.24) is 10.2 Å². The minimum atomic E-state index is -0.0404. The van der Waals surface area contributed by atoms with E-state index in [9.17, 15) is 4.79 Å². The zero-order chi connectivity index (χ0) is 23.8. The fourth-order valence-electron chi connectivity index (χ4n) is 4.15. The van der Waals surface area contributed by atoms with E-state index >= 15 is 0 Å². The van der Waals surface area contributed by atoms with Crippen molar-refractivity contribution in [3.63, 3.8) is 0 Å².